The van der Waals surface area contributed by atoms with Gasteiger partial charge in [-0.15, -0.1) is 0 Å². The van der Waals surface area contributed by atoms with Gasteiger partial charge in [0, 0.05) is 18.7 Å². The van der Waals surface area contributed by atoms with Crippen LogP contribution < -0.4 is 5.56 Å². The van der Waals surface area contributed by atoms with Gasteiger partial charge < -0.3 is 4.74 Å². The molecule has 2 fully saturated rings. The molecule has 0 amide bonds. The molecule has 110 valence electrons. The summed E-state index contributed by atoms with van der Waals surface area (Å²) >= 11 is 5.85. The first kappa shape index (κ1) is 14.1. The van der Waals surface area contributed by atoms with Gasteiger partial charge in [0.2, 0.25) is 0 Å². The molecular formula is C15H21ClN2O2. The van der Waals surface area contributed by atoms with E-state index in [0.717, 1.165) is 32.3 Å². The second-order valence-corrected chi connectivity index (χ2v) is 6.46. The van der Waals surface area contributed by atoms with Crippen LogP contribution >= 0.6 is 11.6 Å². The van der Waals surface area contributed by atoms with E-state index >= 15 is 0 Å². The first-order valence-corrected chi connectivity index (χ1v) is 7.87. The minimum atomic E-state index is -0.0413. The summed E-state index contributed by atoms with van der Waals surface area (Å²) in [6.45, 7) is 2.59. The first-order valence-electron chi connectivity index (χ1n) is 7.49. The van der Waals surface area contributed by atoms with Crippen LogP contribution in [0.5, 0.6) is 0 Å². The lowest BCUT2D eigenvalue weighted by Crippen LogP contribution is -2.44. The number of hydrogen-bond acceptors (Lipinski definition) is 3. The van der Waals surface area contributed by atoms with Crippen LogP contribution in [-0.4, -0.2) is 21.8 Å². The molecule has 1 aromatic rings. The highest BCUT2D eigenvalue weighted by Gasteiger charge is 2.39. The molecule has 1 aromatic heterocycles. The van der Waals surface area contributed by atoms with Gasteiger partial charge in [0.05, 0.1) is 5.60 Å². The van der Waals surface area contributed by atoms with E-state index in [-0.39, 0.29) is 22.4 Å². The number of ether oxygens (including phenoxy) is 1. The lowest BCUT2D eigenvalue weighted by Gasteiger charge is -2.44. The average Bonchev–Trinajstić information content (AvgIpc) is 2.38. The van der Waals surface area contributed by atoms with E-state index in [1.54, 1.807) is 0 Å². The lowest BCUT2D eigenvalue weighted by molar-refractivity contribution is -0.115. The molecule has 2 aliphatic rings. The van der Waals surface area contributed by atoms with Crippen molar-refractivity contribution in [2.75, 3.05) is 6.61 Å². The van der Waals surface area contributed by atoms with Crippen LogP contribution in [-0.2, 0) is 4.74 Å². The van der Waals surface area contributed by atoms with Crippen LogP contribution in [0.3, 0.4) is 0 Å². The Kier molecular flexibility index (Phi) is 3.87. The Hall–Kier alpha value is -0.870. The summed E-state index contributed by atoms with van der Waals surface area (Å²) in [5, 5.41) is 0.281. The number of aromatic nitrogens is 2. The van der Waals surface area contributed by atoms with Crippen molar-refractivity contribution < 1.29 is 4.74 Å². The summed E-state index contributed by atoms with van der Waals surface area (Å²) in [5.74, 6) is 0.709. The lowest BCUT2D eigenvalue weighted by atomic mass is 9.78. The molecule has 4 nitrogen and oxygen atoms in total. The van der Waals surface area contributed by atoms with Crippen molar-refractivity contribution in [3.63, 3.8) is 0 Å². The maximum atomic E-state index is 12.2. The fourth-order valence-corrected chi connectivity index (χ4v) is 4.00. The second kappa shape index (κ2) is 5.49. The molecule has 0 N–H and O–H groups in total. The van der Waals surface area contributed by atoms with Crippen LogP contribution in [0, 0.1) is 6.92 Å². The third-order valence-electron chi connectivity index (χ3n) is 4.69. The number of halogens is 1. The van der Waals surface area contributed by atoms with Crippen molar-refractivity contribution >= 4 is 11.6 Å². The molecule has 0 bridgehead atoms. The predicted molar refractivity (Wildman–Crippen MR) is 78.3 cm³/mol. The Morgan fingerprint density at radius 3 is 2.85 bits per heavy atom. The van der Waals surface area contributed by atoms with E-state index in [1.165, 1.54) is 25.3 Å². The van der Waals surface area contributed by atoms with E-state index in [9.17, 15) is 4.79 Å². The summed E-state index contributed by atoms with van der Waals surface area (Å²) in [5.41, 5.74) is -0.0486. The molecule has 1 saturated carbocycles. The maximum absolute atomic E-state index is 12.2. The molecule has 1 unspecified atom stereocenters. The van der Waals surface area contributed by atoms with Gasteiger partial charge in [-0.2, -0.15) is 0 Å². The molecule has 5 heteroatoms. The van der Waals surface area contributed by atoms with E-state index in [1.807, 2.05) is 11.5 Å². The van der Waals surface area contributed by atoms with Gasteiger partial charge in [0.25, 0.3) is 5.56 Å². The molecule has 1 spiro atoms. The van der Waals surface area contributed by atoms with Crippen molar-refractivity contribution in [3.8, 4) is 0 Å². The van der Waals surface area contributed by atoms with Gasteiger partial charge in [0.15, 0.2) is 0 Å². The fraction of sp³-hybridized carbons (Fsp3) is 0.733. The summed E-state index contributed by atoms with van der Waals surface area (Å²) in [6.07, 6.45) is 7.83. The van der Waals surface area contributed by atoms with E-state index < -0.39 is 0 Å². The Labute approximate surface area is 124 Å². The zero-order valence-corrected chi connectivity index (χ0v) is 12.7. The summed E-state index contributed by atoms with van der Waals surface area (Å²) in [4.78, 5) is 16.5. The van der Waals surface area contributed by atoms with Crippen LogP contribution in [0.25, 0.3) is 0 Å². The van der Waals surface area contributed by atoms with Gasteiger partial charge in [-0.3, -0.25) is 9.36 Å². The molecule has 1 atom stereocenters. The van der Waals surface area contributed by atoms with Crippen molar-refractivity contribution in [3.05, 3.63) is 27.4 Å². The highest BCUT2D eigenvalue weighted by Crippen LogP contribution is 2.42. The second-order valence-electron chi connectivity index (χ2n) is 6.07. The predicted octanol–water partition coefficient (Wildman–Crippen LogP) is 3.26. The fourth-order valence-electron chi connectivity index (χ4n) is 3.78. The Balaban J connectivity index is 1.89. The first-order chi connectivity index (χ1) is 9.60. The average molecular weight is 297 g/mol. The van der Waals surface area contributed by atoms with Crippen molar-refractivity contribution in [1.82, 2.24) is 9.55 Å². The largest absolute Gasteiger partial charge is 0.375 e. The third-order valence-corrected chi connectivity index (χ3v) is 4.89. The molecule has 0 radical (unpaired) electrons. The molecule has 3 rings (SSSR count). The maximum Gasteiger partial charge on any atom is 0.255 e. The van der Waals surface area contributed by atoms with E-state index in [4.69, 9.17) is 16.3 Å². The summed E-state index contributed by atoms with van der Waals surface area (Å²) in [7, 11) is 0. The van der Waals surface area contributed by atoms with Crippen LogP contribution in [0.4, 0.5) is 0 Å². The SMILES string of the molecule is Cc1nc(Cl)cc(=O)n1C1CCOC2(CCCCC2)C1. The van der Waals surface area contributed by atoms with Crippen molar-refractivity contribution in [1.29, 1.82) is 0 Å². The molecular weight excluding hydrogens is 276 g/mol. The highest BCUT2D eigenvalue weighted by atomic mass is 35.5. The van der Waals surface area contributed by atoms with E-state index in [2.05, 4.69) is 4.98 Å². The number of hydrogen-bond donors (Lipinski definition) is 0. The zero-order valence-electron chi connectivity index (χ0n) is 11.9. The number of nitrogens with zero attached hydrogens (tertiary/aromatic N) is 2. The van der Waals surface area contributed by atoms with Crippen LogP contribution in [0.15, 0.2) is 10.9 Å². The van der Waals surface area contributed by atoms with Crippen molar-refractivity contribution in [2.24, 2.45) is 0 Å². The van der Waals surface area contributed by atoms with Gasteiger partial charge >= 0.3 is 0 Å². The standard InChI is InChI=1S/C15H21ClN2O2/c1-11-17-13(16)9-14(19)18(11)12-5-8-20-15(10-12)6-3-2-4-7-15/h9,12H,2-8,10H2,1H3. The highest BCUT2D eigenvalue weighted by molar-refractivity contribution is 6.29. The van der Waals surface area contributed by atoms with Gasteiger partial charge in [-0.05, 0) is 32.6 Å². The Morgan fingerprint density at radius 2 is 2.15 bits per heavy atom. The number of rotatable bonds is 1. The third kappa shape index (κ3) is 2.63. The zero-order chi connectivity index (χ0) is 14.2. The van der Waals surface area contributed by atoms with Crippen molar-refractivity contribution in [2.45, 2.75) is 63.5 Å². The minimum absolute atomic E-state index is 0.00726. The molecule has 0 aromatic carbocycles. The smallest absolute Gasteiger partial charge is 0.255 e. The normalized spacial score (nSPS) is 25.8. The van der Waals surface area contributed by atoms with Gasteiger partial charge in [-0.25, -0.2) is 4.98 Å². The van der Waals surface area contributed by atoms with E-state index in [0.29, 0.717) is 5.82 Å². The Bertz CT molecular complexity index is 544. The Morgan fingerprint density at radius 1 is 1.40 bits per heavy atom. The molecule has 2 heterocycles. The molecule has 1 aliphatic carbocycles. The van der Waals surface area contributed by atoms with Crippen LogP contribution in [0.2, 0.25) is 5.15 Å². The number of aryl methyl sites for hydroxylation is 1. The van der Waals surface area contributed by atoms with Crippen LogP contribution in [0.1, 0.15) is 56.8 Å². The van der Waals surface area contributed by atoms with Gasteiger partial charge in [-0.1, -0.05) is 30.9 Å². The molecule has 1 aliphatic heterocycles. The topological polar surface area (TPSA) is 44.1 Å². The molecule has 1 saturated heterocycles. The van der Waals surface area contributed by atoms with Gasteiger partial charge in [0.1, 0.15) is 11.0 Å². The minimum Gasteiger partial charge on any atom is -0.375 e. The quantitative estimate of drug-likeness (QED) is 0.747. The summed E-state index contributed by atoms with van der Waals surface area (Å²) in [6, 6.07) is 1.61. The monoisotopic (exact) mass is 296 g/mol. The molecule has 20 heavy (non-hydrogen) atoms. The summed E-state index contributed by atoms with van der Waals surface area (Å²) < 4.78 is 7.91.